The Bertz CT molecular complexity index is 167. The Hall–Kier alpha value is -0.780. The Balaban J connectivity index is 2.20. The van der Waals surface area contributed by atoms with Gasteiger partial charge >= 0.3 is 0 Å². The van der Waals surface area contributed by atoms with Crippen LogP contribution in [0, 0.1) is 12.3 Å². The van der Waals surface area contributed by atoms with Crippen molar-refractivity contribution in [2.45, 2.75) is 12.7 Å². The van der Waals surface area contributed by atoms with Gasteiger partial charge in [0.25, 0.3) is 0 Å². The van der Waals surface area contributed by atoms with E-state index in [0.29, 0.717) is 13.2 Å². The molecule has 0 amide bonds. The molecule has 0 spiro atoms. The molecule has 0 aliphatic carbocycles. The van der Waals surface area contributed by atoms with Crippen molar-refractivity contribution in [1.29, 1.82) is 0 Å². The molecule has 1 fully saturated rings. The van der Waals surface area contributed by atoms with Crippen molar-refractivity contribution in [3.05, 3.63) is 12.2 Å². The summed E-state index contributed by atoms with van der Waals surface area (Å²) in [4.78, 5) is 0. The Morgan fingerprint density at radius 3 is 3.20 bits per heavy atom. The molecule has 1 atom stereocenters. The monoisotopic (exact) mass is 138 g/mol. The molecule has 1 saturated heterocycles. The van der Waals surface area contributed by atoms with E-state index in [-0.39, 0.29) is 6.29 Å². The van der Waals surface area contributed by atoms with E-state index in [2.05, 4.69) is 12.5 Å². The van der Waals surface area contributed by atoms with Crippen molar-refractivity contribution in [2.24, 2.45) is 0 Å². The molecule has 0 aromatic carbocycles. The standard InChI is InChI=1S/C8H10O2/c1-3-4-9-8-5-7(2)6-10-8/h1,8H,2,4-6H2. The van der Waals surface area contributed by atoms with Crippen LogP contribution in [0.1, 0.15) is 6.42 Å². The minimum Gasteiger partial charge on any atom is -0.348 e. The predicted molar refractivity (Wildman–Crippen MR) is 38.3 cm³/mol. The van der Waals surface area contributed by atoms with Gasteiger partial charge in [-0.15, -0.1) is 6.42 Å². The van der Waals surface area contributed by atoms with Gasteiger partial charge in [0.2, 0.25) is 0 Å². The van der Waals surface area contributed by atoms with Crippen LogP contribution >= 0.6 is 0 Å². The summed E-state index contributed by atoms with van der Waals surface area (Å²) in [5.74, 6) is 2.38. The van der Waals surface area contributed by atoms with Crippen LogP contribution < -0.4 is 0 Å². The molecule has 0 bridgehead atoms. The molecule has 54 valence electrons. The second-order valence-corrected chi connectivity index (χ2v) is 2.21. The number of hydrogen-bond donors (Lipinski definition) is 0. The van der Waals surface area contributed by atoms with Crippen LogP contribution in [0.2, 0.25) is 0 Å². The number of rotatable bonds is 2. The maximum atomic E-state index is 5.15. The summed E-state index contributed by atoms with van der Waals surface area (Å²) in [5.41, 5.74) is 1.07. The topological polar surface area (TPSA) is 18.5 Å². The third-order valence-electron chi connectivity index (χ3n) is 1.28. The lowest BCUT2D eigenvalue weighted by molar-refractivity contribution is -0.0995. The fourth-order valence-electron chi connectivity index (χ4n) is 0.812. The van der Waals surface area contributed by atoms with Crippen molar-refractivity contribution >= 4 is 0 Å². The van der Waals surface area contributed by atoms with Gasteiger partial charge in [-0.25, -0.2) is 0 Å². The van der Waals surface area contributed by atoms with E-state index < -0.39 is 0 Å². The van der Waals surface area contributed by atoms with Gasteiger partial charge in [-0.05, 0) is 5.57 Å². The lowest BCUT2D eigenvalue weighted by Crippen LogP contribution is -2.10. The first-order valence-corrected chi connectivity index (χ1v) is 3.16. The van der Waals surface area contributed by atoms with Crippen LogP contribution in [0.4, 0.5) is 0 Å². The zero-order chi connectivity index (χ0) is 7.40. The Morgan fingerprint density at radius 1 is 1.90 bits per heavy atom. The SMILES string of the molecule is C#CCOC1CC(=C)CO1. The van der Waals surface area contributed by atoms with Gasteiger partial charge in [0, 0.05) is 6.42 Å². The van der Waals surface area contributed by atoms with Crippen LogP contribution in [0.15, 0.2) is 12.2 Å². The van der Waals surface area contributed by atoms with Gasteiger partial charge < -0.3 is 9.47 Å². The summed E-state index contributed by atoms with van der Waals surface area (Å²) >= 11 is 0. The van der Waals surface area contributed by atoms with E-state index in [1.54, 1.807) is 0 Å². The maximum Gasteiger partial charge on any atom is 0.163 e. The van der Waals surface area contributed by atoms with Gasteiger partial charge in [0.05, 0.1) is 6.61 Å². The molecular weight excluding hydrogens is 128 g/mol. The summed E-state index contributed by atoms with van der Waals surface area (Å²) in [6.45, 7) is 4.68. The highest BCUT2D eigenvalue weighted by Gasteiger charge is 2.17. The lowest BCUT2D eigenvalue weighted by Gasteiger charge is -2.05. The molecule has 0 aromatic rings. The van der Waals surface area contributed by atoms with Gasteiger partial charge in [0.15, 0.2) is 6.29 Å². The second-order valence-electron chi connectivity index (χ2n) is 2.21. The molecule has 1 unspecified atom stereocenters. The molecule has 10 heavy (non-hydrogen) atoms. The van der Waals surface area contributed by atoms with Gasteiger partial charge in [0.1, 0.15) is 6.61 Å². The smallest absolute Gasteiger partial charge is 0.163 e. The largest absolute Gasteiger partial charge is 0.348 e. The second kappa shape index (κ2) is 3.40. The highest BCUT2D eigenvalue weighted by Crippen LogP contribution is 2.16. The van der Waals surface area contributed by atoms with Gasteiger partial charge in [-0.2, -0.15) is 0 Å². The van der Waals surface area contributed by atoms with Gasteiger partial charge in [-0.1, -0.05) is 12.5 Å². The molecule has 1 heterocycles. The van der Waals surface area contributed by atoms with Crippen LogP contribution in [0.3, 0.4) is 0 Å². The molecule has 0 aromatic heterocycles. The number of ether oxygens (including phenoxy) is 2. The van der Waals surface area contributed by atoms with Gasteiger partial charge in [-0.3, -0.25) is 0 Å². The molecule has 0 saturated carbocycles. The Kier molecular flexibility index (Phi) is 2.49. The Morgan fingerprint density at radius 2 is 2.70 bits per heavy atom. The third kappa shape index (κ3) is 1.87. The normalized spacial score (nSPS) is 24.7. The van der Waals surface area contributed by atoms with Crippen molar-refractivity contribution < 1.29 is 9.47 Å². The van der Waals surface area contributed by atoms with E-state index in [1.807, 2.05) is 0 Å². The van der Waals surface area contributed by atoms with E-state index in [0.717, 1.165) is 12.0 Å². The van der Waals surface area contributed by atoms with Crippen LogP contribution in [-0.4, -0.2) is 19.5 Å². The molecule has 2 nitrogen and oxygen atoms in total. The molecule has 1 aliphatic heterocycles. The fourth-order valence-corrected chi connectivity index (χ4v) is 0.812. The minimum absolute atomic E-state index is 0.149. The molecule has 1 aliphatic rings. The quantitative estimate of drug-likeness (QED) is 0.417. The molecule has 0 radical (unpaired) electrons. The van der Waals surface area contributed by atoms with Crippen molar-refractivity contribution in [1.82, 2.24) is 0 Å². The maximum absolute atomic E-state index is 5.15. The molecule has 2 heteroatoms. The summed E-state index contributed by atoms with van der Waals surface area (Å²) in [5, 5.41) is 0. The molecular formula is C8H10O2. The number of hydrogen-bond acceptors (Lipinski definition) is 2. The van der Waals surface area contributed by atoms with E-state index >= 15 is 0 Å². The van der Waals surface area contributed by atoms with Crippen LogP contribution in [0.5, 0.6) is 0 Å². The first-order chi connectivity index (χ1) is 4.83. The summed E-state index contributed by atoms with van der Waals surface area (Å²) < 4.78 is 10.3. The summed E-state index contributed by atoms with van der Waals surface area (Å²) in [6, 6.07) is 0. The zero-order valence-electron chi connectivity index (χ0n) is 5.80. The van der Waals surface area contributed by atoms with E-state index in [4.69, 9.17) is 15.9 Å². The number of terminal acetylenes is 1. The first-order valence-electron chi connectivity index (χ1n) is 3.16. The fraction of sp³-hybridized carbons (Fsp3) is 0.500. The van der Waals surface area contributed by atoms with E-state index in [1.165, 1.54) is 0 Å². The van der Waals surface area contributed by atoms with Crippen molar-refractivity contribution in [2.75, 3.05) is 13.2 Å². The third-order valence-corrected chi connectivity index (χ3v) is 1.28. The average molecular weight is 138 g/mol. The lowest BCUT2D eigenvalue weighted by atomic mass is 10.3. The summed E-state index contributed by atoms with van der Waals surface area (Å²) in [7, 11) is 0. The van der Waals surface area contributed by atoms with Crippen LogP contribution in [0.25, 0.3) is 0 Å². The highest BCUT2D eigenvalue weighted by molar-refractivity contribution is 4.99. The van der Waals surface area contributed by atoms with Crippen molar-refractivity contribution in [3.63, 3.8) is 0 Å². The first kappa shape index (κ1) is 7.33. The molecule has 1 rings (SSSR count). The van der Waals surface area contributed by atoms with Crippen LogP contribution in [-0.2, 0) is 9.47 Å². The Labute approximate surface area is 60.8 Å². The molecule has 0 N–H and O–H groups in total. The van der Waals surface area contributed by atoms with E-state index in [9.17, 15) is 0 Å². The minimum atomic E-state index is -0.149. The average Bonchev–Trinajstić information content (AvgIpc) is 2.31. The van der Waals surface area contributed by atoms with Crippen molar-refractivity contribution in [3.8, 4) is 12.3 Å². The zero-order valence-corrected chi connectivity index (χ0v) is 5.80. The highest BCUT2D eigenvalue weighted by atomic mass is 16.7. The summed E-state index contributed by atoms with van der Waals surface area (Å²) in [6.07, 6.45) is 5.62. The predicted octanol–water partition coefficient (Wildman–Crippen LogP) is 0.939.